The van der Waals surface area contributed by atoms with Crippen LogP contribution in [0.4, 0.5) is 5.13 Å². The van der Waals surface area contributed by atoms with Gasteiger partial charge in [0.25, 0.3) is 5.91 Å². The number of amides is 1. The highest BCUT2D eigenvalue weighted by Crippen LogP contribution is 2.15. The van der Waals surface area contributed by atoms with Gasteiger partial charge in [0, 0.05) is 11.4 Å². The van der Waals surface area contributed by atoms with E-state index in [0.717, 1.165) is 11.3 Å². The summed E-state index contributed by atoms with van der Waals surface area (Å²) in [5.41, 5.74) is 8.92. The number of oxime groups is 1. The molecule has 138 valence electrons. The fourth-order valence-corrected chi connectivity index (χ4v) is 1.98. The van der Waals surface area contributed by atoms with Crippen molar-refractivity contribution in [1.29, 1.82) is 0 Å². The highest BCUT2D eigenvalue weighted by molar-refractivity contribution is 7.13. The normalized spacial score (nSPS) is 14.5. The molecule has 1 rings (SSSR count). The minimum Gasteiger partial charge on any atom is -0.480 e. The number of aliphatic carboxylic acids is 2. The SMILES string of the molecule is CC(N)C(NC(=O)C(=NOC(C)(C)C(=O)O)c1csc(N)n1)C(=O)O. The summed E-state index contributed by atoms with van der Waals surface area (Å²) in [6.45, 7) is 3.86. The molecule has 1 aromatic heterocycles. The zero-order chi connectivity index (χ0) is 19.4. The van der Waals surface area contributed by atoms with Gasteiger partial charge in [0.15, 0.2) is 10.8 Å². The Hall–Kier alpha value is -2.73. The molecule has 2 unspecified atom stereocenters. The maximum atomic E-state index is 12.4. The summed E-state index contributed by atoms with van der Waals surface area (Å²) in [6, 6.07) is -2.28. The van der Waals surface area contributed by atoms with Gasteiger partial charge in [0.1, 0.15) is 11.7 Å². The van der Waals surface area contributed by atoms with Crippen LogP contribution in [0.5, 0.6) is 0 Å². The quantitative estimate of drug-likeness (QED) is 0.287. The minimum atomic E-state index is -1.72. The lowest BCUT2D eigenvalue weighted by Gasteiger charge is -2.19. The van der Waals surface area contributed by atoms with Crippen molar-refractivity contribution < 1.29 is 29.4 Å². The van der Waals surface area contributed by atoms with Gasteiger partial charge in [-0.1, -0.05) is 5.16 Å². The van der Waals surface area contributed by atoms with E-state index in [-0.39, 0.29) is 10.8 Å². The van der Waals surface area contributed by atoms with Gasteiger partial charge in [-0.25, -0.2) is 14.6 Å². The maximum Gasteiger partial charge on any atom is 0.350 e. The number of nitrogens with two attached hydrogens (primary N) is 2. The molecule has 0 aromatic carbocycles. The van der Waals surface area contributed by atoms with Crippen molar-refractivity contribution in [2.45, 2.75) is 38.5 Å². The van der Waals surface area contributed by atoms with E-state index < -0.39 is 41.2 Å². The van der Waals surface area contributed by atoms with Crippen LogP contribution in [0.15, 0.2) is 10.5 Å². The maximum absolute atomic E-state index is 12.4. The van der Waals surface area contributed by atoms with Gasteiger partial charge < -0.3 is 31.8 Å². The van der Waals surface area contributed by atoms with Gasteiger partial charge in [-0.3, -0.25) is 4.79 Å². The van der Waals surface area contributed by atoms with E-state index >= 15 is 0 Å². The predicted octanol–water partition coefficient (Wildman–Crippen LogP) is -0.774. The summed E-state index contributed by atoms with van der Waals surface area (Å²) in [5.74, 6) is -3.60. The molecule has 0 bridgehead atoms. The van der Waals surface area contributed by atoms with Crippen LogP contribution in [0.1, 0.15) is 26.5 Å². The number of carboxylic acids is 2. The number of aromatic nitrogens is 1. The molecule has 0 aliphatic heterocycles. The Morgan fingerprint density at radius 2 is 2.00 bits per heavy atom. The van der Waals surface area contributed by atoms with E-state index in [1.807, 2.05) is 0 Å². The van der Waals surface area contributed by atoms with E-state index in [1.165, 1.54) is 26.2 Å². The van der Waals surface area contributed by atoms with Gasteiger partial charge in [0.2, 0.25) is 5.60 Å². The van der Waals surface area contributed by atoms with Crippen LogP contribution in [-0.4, -0.2) is 56.4 Å². The molecular formula is C13H19N5O6S. The molecule has 11 nitrogen and oxygen atoms in total. The Bertz CT molecular complexity index is 699. The van der Waals surface area contributed by atoms with Crippen molar-refractivity contribution in [2.24, 2.45) is 10.9 Å². The molecule has 25 heavy (non-hydrogen) atoms. The average Bonchev–Trinajstić information content (AvgIpc) is 2.90. The predicted molar refractivity (Wildman–Crippen MR) is 89.1 cm³/mol. The number of carbonyl (C=O) groups excluding carboxylic acids is 1. The lowest BCUT2D eigenvalue weighted by molar-refractivity contribution is -0.161. The summed E-state index contributed by atoms with van der Waals surface area (Å²) >= 11 is 1.01. The lowest BCUT2D eigenvalue weighted by atomic mass is 10.1. The average molecular weight is 373 g/mol. The van der Waals surface area contributed by atoms with Crippen molar-refractivity contribution in [3.8, 4) is 0 Å². The topological polar surface area (TPSA) is 190 Å². The molecule has 1 heterocycles. The number of hydrogen-bond donors (Lipinski definition) is 5. The second-order valence-electron chi connectivity index (χ2n) is 5.57. The van der Waals surface area contributed by atoms with Gasteiger partial charge >= 0.3 is 11.9 Å². The molecular weight excluding hydrogens is 354 g/mol. The van der Waals surface area contributed by atoms with Gasteiger partial charge in [-0.2, -0.15) is 0 Å². The zero-order valence-electron chi connectivity index (χ0n) is 13.7. The Kier molecular flexibility index (Phi) is 6.42. The van der Waals surface area contributed by atoms with Crippen molar-refractivity contribution in [3.63, 3.8) is 0 Å². The molecule has 0 saturated heterocycles. The smallest absolute Gasteiger partial charge is 0.350 e. The van der Waals surface area contributed by atoms with Gasteiger partial charge in [-0.15, -0.1) is 11.3 Å². The number of anilines is 1. The van der Waals surface area contributed by atoms with Crippen molar-refractivity contribution in [2.75, 3.05) is 5.73 Å². The first kappa shape index (κ1) is 20.3. The number of nitrogens with zero attached hydrogens (tertiary/aromatic N) is 2. The zero-order valence-corrected chi connectivity index (χ0v) is 14.5. The molecule has 0 aliphatic rings. The Morgan fingerprint density at radius 1 is 1.40 bits per heavy atom. The van der Waals surface area contributed by atoms with E-state index in [0.29, 0.717) is 0 Å². The van der Waals surface area contributed by atoms with Crippen molar-refractivity contribution >= 4 is 40.0 Å². The first-order valence-corrected chi connectivity index (χ1v) is 7.84. The molecule has 0 saturated carbocycles. The molecule has 1 amide bonds. The summed E-state index contributed by atoms with van der Waals surface area (Å²) in [4.78, 5) is 43.4. The lowest BCUT2D eigenvalue weighted by Crippen LogP contribution is -2.53. The number of thiazole rings is 1. The monoisotopic (exact) mass is 373 g/mol. The van der Waals surface area contributed by atoms with Crippen molar-refractivity contribution in [1.82, 2.24) is 10.3 Å². The second-order valence-corrected chi connectivity index (χ2v) is 6.46. The highest BCUT2D eigenvalue weighted by Gasteiger charge is 2.32. The second kappa shape index (κ2) is 7.90. The van der Waals surface area contributed by atoms with Gasteiger partial charge in [-0.05, 0) is 20.8 Å². The molecule has 0 aliphatic carbocycles. The summed E-state index contributed by atoms with van der Waals surface area (Å²) in [6.07, 6.45) is 0. The third kappa shape index (κ3) is 5.39. The first-order valence-electron chi connectivity index (χ1n) is 6.96. The number of carboxylic acid groups (broad SMARTS) is 2. The first-order chi connectivity index (χ1) is 11.5. The molecule has 7 N–H and O–H groups in total. The van der Waals surface area contributed by atoms with Crippen LogP contribution < -0.4 is 16.8 Å². The minimum absolute atomic E-state index is 0.00926. The Balaban J connectivity index is 3.17. The molecule has 2 atom stereocenters. The van der Waals surface area contributed by atoms with E-state index in [2.05, 4.69) is 15.5 Å². The van der Waals surface area contributed by atoms with E-state index in [9.17, 15) is 14.4 Å². The highest BCUT2D eigenvalue weighted by atomic mass is 32.1. The molecule has 12 heteroatoms. The third-order valence-electron chi connectivity index (χ3n) is 2.94. The fourth-order valence-electron chi connectivity index (χ4n) is 1.43. The number of nitrogens with one attached hydrogen (secondary N) is 1. The Morgan fingerprint density at radius 3 is 2.40 bits per heavy atom. The van der Waals surface area contributed by atoms with Crippen LogP contribution in [0.3, 0.4) is 0 Å². The standard InChI is InChI=1S/C13H19N5O6S/c1-5(14)7(10(20)21)17-9(19)8(6-4-25-12(15)16-6)18-24-13(2,3)11(22)23/h4-5,7H,14H2,1-3H3,(H2,15,16)(H,17,19)(H,20,21)(H,22,23). The third-order valence-corrected chi connectivity index (χ3v) is 3.61. The van der Waals surface area contributed by atoms with Crippen LogP contribution in [0.2, 0.25) is 0 Å². The van der Waals surface area contributed by atoms with Crippen LogP contribution in [0, 0.1) is 0 Å². The summed E-state index contributed by atoms with van der Waals surface area (Å²) in [5, 5.41) is 25.4. The van der Waals surface area contributed by atoms with E-state index in [4.69, 9.17) is 26.5 Å². The van der Waals surface area contributed by atoms with Crippen LogP contribution >= 0.6 is 11.3 Å². The number of hydrogen-bond acceptors (Lipinski definition) is 9. The molecule has 1 aromatic rings. The van der Waals surface area contributed by atoms with Gasteiger partial charge in [0.05, 0.1) is 0 Å². The number of rotatable bonds is 8. The Labute approximate surface area is 146 Å². The molecule has 0 spiro atoms. The van der Waals surface area contributed by atoms with E-state index in [1.54, 1.807) is 0 Å². The van der Waals surface area contributed by atoms with Crippen LogP contribution in [-0.2, 0) is 19.2 Å². The van der Waals surface area contributed by atoms with Crippen LogP contribution in [0.25, 0.3) is 0 Å². The number of carbonyl (C=O) groups is 3. The summed E-state index contributed by atoms with van der Waals surface area (Å²) < 4.78 is 0. The summed E-state index contributed by atoms with van der Waals surface area (Å²) in [7, 11) is 0. The fraction of sp³-hybridized carbons (Fsp3) is 0.462. The largest absolute Gasteiger partial charge is 0.480 e. The molecule has 0 fully saturated rings. The molecule has 0 radical (unpaired) electrons. The number of nitrogen functional groups attached to an aromatic ring is 1. The van der Waals surface area contributed by atoms with Crippen molar-refractivity contribution in [3.05, 3.63) is 11.1 Å².